The lowest BCUT2D eigenvalue weighted by molar-refractivity contribution is 0.0972. The molecule has 0 bridgehead atoms. The average molecular weight is 282 g/mol. The fourth-order valence-electron chi connectivity index (χ4n) is 2.52. The first-order valence-corrected chi connectivity index (χ1v) is 6.75. The first kappa shape index (κ1) is 13.3. The lowest BCUT2D eigenvalue weighted by Crippen LogP contribution is -2.31. The third-order valence-corrected chi connectivity index (χ3v) is 3.56. The molecule has 2 aromatic rings. The van der Waals surface area contributed by atoms with Gasteiger partial charge in [-0.3, -0.25) is 14.6 Å². The number of rotatable bonds is 1. The topological polar surface area (TPSA) is 70.5 Å². The van der Waals surface area contributed by atoms with E-state index >= 15 is 0 Å². The Labute approximate surface area is 121 Å². The Balaban J connectivity index is 2.06. The minimum absolute atomic E-state index is 0.0415. The maximum absolute atomic E-state index is 12.7. The van der Waals surface area contributed by atoms with Crippen molar-refractivity contribution in [1.29, 1.82) is 0 Å². The van der Waals surface area contributed by atoms with Crippen LogP contribution in [0.1, 0.15) is 33.6 Å². The number of carbonyl (C=O) groups excluding carboxylic acids is 2. The van der Waals surface area contributed by atoms with Crippen molar-refractivity contribution in [2.24, 2.45) is 0 Å². The van der Waals surface area contributed by atoms with Gasteiger partial charge in [-0.1, -0.05) is 12.1 Å². The molecule has 2 heterocycles. The van der Waals surface area contributed by atoms with Crippen LogP contribution < -0.4 is 4.90 Å². The van der Waals surface area contributed by atoms with E-state index in [4.69, 9.17) is 0 Å². The predicted molar refractivity (Wildman–Crippen MR) is 77.6 cm³/mol. The molecule has 1 N–H and O–H groups in total. The number of nitrogens with zero attached hydrogens (tertiary/aromatic N) is 2. The van der Waals surface area contributed by atoms with E-state index in [0.717, 1.165) is 0 Å². The van der Waals surface area contributed by atoms with Crippen LogP contribution in [0.5, 0.6) is 5.75 Å². The summed E-state index contributed by atoms with van der Waals surface area (Å²) in [5.74, 6) is -0.438. The first-order valence-electron chi connectivity index (χ1n) is 6.75. The van der Waals surface area contributed by atoms with Crippen LogP contribution in [-0.2, 0) is 0 Å². The number of carbonyl (C=O) groups is 2. The summed E-state index contributed by atoms with van der Waals surface area (Å²) in [6, 6.07) is 8.55. The molecule has 1 aliphatic heterocycles. The summed E-state index contributed by atoms with van der Waals surface area (Å²) in [6.45, 7) is 0.448. The van der Waals surface area contributed by atoms with Gasteiger partial charge in [-0.25, -0.2) is 0 Å². The predicted octanol–water partition coefficient (Wildman–Crippen LogP) is 2.41. The molecule has 0 aliphatic carbocycles. The minimum atomic E-state index is -0.322. The second kappa shape index (κ2) is 5.36. The van der Waals surface area contributed by atoms with Crippen LogP contribution in [0, 0.1) is 0 Å². The number of hydrogen-bond acceptors (Lipinski definition) is 4. The average Bonchev–Trinajstić information content (AvgIpc) is 2.67. The van der Waals surface area contributed by atoms with Gasteiger partial charge in [-0.2, -0.15) is 0 Å². The largest absolute Gasteiger partial charge is 0.505 e. The van der Waals surface area contributed by atoms with Crippen LogP contribution in [0.25, 0.3) is 0 Å². The van der Waals surface area contributed by atoms with Gasteiger partial charge in [-0.15, -0.1) is 0 Å². The lowest BCUT2D eigenvalue weighted by Gasteiger charge is -2.22. The van der Waals surface area contributed by atoms with Crippen LogP contribution in [0.2, 0.25) is 0 Å². The Morgan fingerprint density at radius 3 is 2.86 bits per heavy atom. The Bertz CT molecular complexity index is 712. The minimum Gasteiger partial charge on any atom is -0.505 e. The molecule has 0 spiro atoms. The Hall–Kier alpha value is -2.69. The summed E-state index contributed by atoms with van der Waals surface area (Å²) in [5, 5.41) is 9.80. The highest BCUT2D eigenvalue weighted by Crippen LogP contribution is 2.29. The molecule has 0 saturated carbocycles. The number of aromatic hydroxyl groups is 1. The van der Waals surface area contributed by atoms with E-state index in [-0.39, 0.29) is 23.0 Å². The summed E-state index contributed by atoms with van der Waals surface area (Å²) in [7, 11) is 0. The molecular formula is C16H14N2O3. The van der Waals surface area contributed by atoms with Crippen LogP contribution in [-0.4, -0.2) is 28.3 Å². The summed E-state index contributed by atoms with van der Waals surface area (Å²) in [4.78, 5) is 30.1. The Kier molecular flexibility index (Phi) is 3.39. The van der Waals surface area contributed by atoms with E-state index in [2.05, 4.69) is 4.98 Å². The highest BCUT2D eigenvalue weighted by atomic mass is 16.3. The van der Waals surface area contributed by atoms with Crippen molar-refractivity contribution in [3.63, 3.8) is 0 Å². The molecule has 5 heteroatoms. The highest BCUT2D eigenvalue weighted by molar-refractivity contribution is 6.12. The standard InChI is InChI=1S/C16H14N2O3/c19-14-6-3-9-18(13-5-2-1-4-11(13)14)16(21)12-7-8-17-10-15(12)20/h1-2,4-5,7-8,10,20H,3,6,9H2. The number of para-hydroxylation sites is 1. The van der Waals surface area contributed by atoms with E-state index in [1.54, 1.807) is 29.2 Å². The van der Waals surface area contributed by atoms with E-state index < -0.39 is 0 Å². The lowest BCUT2D eigenvalue weighted by atomic mass is 10.1. The molecule has 21 heavy (non-hydrogen) atoms. The van der Waals surface area contributed by atoms with Crippen LogP contribution in [0.3, 0.4) is 0 Å². The quantitative estimate of drug-likeness (QED) is 0.872. The van der Waals surface area contributed by atoms with E-state index in [0.29, 0.717) is 30.6 Å². The highest BCUT2D eigenvalue weighted by Gasteiger charge is 2.26. The molecule has 1 amide bonds. The zero-order valence-corrected chi connectivity index (χ0v) is 11.3. The number of ketones is 1. The van der Waals surface area contributed by atoms with Crippen LogP contribution >= 0.6 is 0 Å². The fourth-order valence-corrected chi connectivity index (χ4v) is 2.52. The number of pyridine rings is 1. The van der Waals surface area contributed by atoms with Gasteiger partial charge in [0.05, 0.1) is 17.4 Å². The number of benzene rings is 1. The normalized spacial score (nSPS) is 14.5. The van der Waals surface area contributed by atoms with E-state index in [9.17, 15) is 14.7 Å². The fraction of sp³-hybridized carbons (Fsp3) is 0.188. The number of fused-ring (bicyclic) bond motifs is 1. The Morgan fingerprint density at radius 2 is 2.05 bits per heavy atom. The van der Waals surface area contributed by atoms with Gasteiger partial charge in [0.15, 0.2) is 5.78 Å². The summed E-state index contributed by atoms with van der Waals surface area (Å²) >= 11 is 0. The summed E-state index contributed by atoms with van der Waals surface area (Å²) in [6.07, 6.45) is 3.72. The van der Waals surface area contributed by atoms with Crippen molar-refractivity contribution in [3.05, 3.63) is 53.9 Å². The molecule has 0 atom stereocenters. The van der Waals surface area contributed by atoms with Gasteiger partial charge in [0.1, 0.15) is 5.75 Å². The van der Waals surface area contributed by atoms with Crippen molar-refractivity contribution in [2.75, 3.05) is 11.4 Å². The second-order valence-corrected chi connectivity index (χ2v) is 4.89. The zero-order valence-electron chi connectivity index (χ0n) is 11.3. The number of hydrogen-bond donors (Lipinski definition) is 1. The van der Waals surface area contributed by atoms with E-state index in [1.165, 1.54) is 18.5 Å². The van der Waals surface area contributed by atoms with Crippen molar-refractivity contribution in [1.82, 2.24) is 4.98 Å². The van der Waals surface area contributed by atoms with Crippen molar-refractivity contribution < 1.29 is 14.7 Å². The van der Waals surface area contributed by atoms with Gasteiger partial charge < -0.3 is 10.0 Å². The zero-order chi connectivity index (χ0) is 14.8. The van der Waals surface area contributed by atoms with E-state index in [1.807, 2.05) is 0 Å². The molecule has 1 aromatic carbocycles. The maximum Gasteiger partial charge on any atom is 0.262 e. The van der Waals surface area contributed by atoms with Crippen molar-refractivity contribution in [2.45, 2.75) is 12.8 Å². The summed E-state index contributed by atoms with van der Waals surface area (Å²) in [5.41, 5.74) is 1.34. The Morgan fingerprint density at radius 1 is 1.24 bits per heavy atom. The van der Waals surface area contributed by atoms with Gasteiger partial charge in [0, 0.05) is 24.7 Å². The molecule has 1 aliphatic rings. The number of aromatic nitrogens is 1. The molecular weight excluding hydrogens is 268 g/mol. The molecule has 106 valence electrons. The van der Waals surface area contributed by atoms with Gasteiger partial charge in [-0.05, 0) is 24.6 Å². The molecule has 0 saturated heterocycles. The first-order chi connectivity index (χ1) is 10.2. The third kappa shape index (κ3) is 2.38. The van der Waals surface area contributed by atoms with Crippen molar-refractivity contribution in [3.8, 4) is 5.75 Å². The second-order valence-electron chi connectivity index (χ2n) is 4.89. The molecule has 3 rings (SSSR count). The smallest absolute Gasteiger partial charge is 0.262 e. The van der Waals surface area contributed by atoms with Gasteiger partial charge in [0.2, 0.25) is 0 Å². The molecule has 0 unspecified atom stereocenters. The number of Topliss-reactive ketones (excluding diaryl/α,β-unsaturated/α-hetero) is 1. The SMILES string of the molecule is O=C1CCCN(C(=O)c2ccncc2O)c2ccccc21. The third-order valence-electron chi connectivity index (χ3n) is 3.56. The molecule has 1 aromatic heterocycles. The summed E-state index contributed by atoms with van der Waals surface area (Å²) < 4.78 is 0. The molecule has 0 fully saturated rings. The molecule has 5 nitrogen and oxygen atoms in total. The molecule has 0 radical (unpaired) electrons. The number of amides is 1. The van der Waals surface area contributed by atoms with Crippen LogP contribution in [0.4, 0.5) is 5.69 Å². The van der Waals surface area contributed by atoms with Gasteiger partial charge >= 0.3 is 0 Å². The maximum atomic E-state index is 12.7. The monoisotopic (exact) mass is 282 g/mol. The number of anilines is 1. The van der Waals surface area contributed by atoms with Crippen molar-refractivity contribution >= 4 is 17.4 Å². The van der Waals surface area contributed by atoms with Crippen LogP contribution in [0.15, 0.2) is 42.7 Å². The van der Waals surface area contributed by atoms with Gasteiger partial charge in [0.25, 0.3) is 5.91 Å².